The van der Waals surface area contributed by atoms with Crippen molar-refractivity contribution in [3.8, 4) is 5.75 Å². The quantitative estimate of drug-likeness (QED) is 0.841. The molecule has 0 unspecified atom stereocenters. The summed E-state index contributed by atoms with van der Waals surface area (Å²) in [5.41, 5.74) is 1.27. The number of hydrogen-bond donors (Lipinski definition) is 1. The first-order chi connectivity index (χ1) is 9.85. The molecule has 0 saturated heterocycles. The number of ether oxygens (including phenoxy) is 1. The van der Waals surface area contributed by atoms with Crippen molar-refractivity contribution in [3.05, 3.63) is 48.0 Å². The third kappa shape index (κ3) is 3.39. The van der Waals surface area contributed by atoms with Crippen molar-refractivity contribution >= 4 is 0 Å². The van der Waals surface area contributed by atoms with Crippen molar-refractivity contribution < 1.29 is 4.74 Å². The highest BCUT2D eigenvalue weighted by Crippen LogP contribution is 2.20. The molecule has 1 aromatic carbocycles. The maximum absolute atomic E-state index is 5.84. The topological polar surface area (TPSA) is 39.1 Å². The van der Waals surface area contributed by atoms with Gasteiger partial charge in [-0.2, -0.15) is 0 Å². The molecular formula is C16H21N3O. The molecule has 1 fully saturated rings. The summed E-state index contributed by atoms with van der Waals surface area (Å²) >= 11 is 0. The largest absolute Gasteiger partial charge is 0.486 e. The lowest BCUT2D eigenvalue weighted by atomic mass is 10.2. The van der Waals surface area contributed by atoms with E-state index in [9.17, 15) is 0 Å². The van der Waals surface area contributed by atoms with E-state index in [0.29, 0.717) is 6.61 Å². The minimum absolute atomic E-state index is 0.514. The third-order valence-corrected chi connectivity index (χ3v) is 3.58. The van der Waals surface area contributed by atoms with Crippen LogP contribution in [0.1, 0.15) is 31.2 Å². The zero-order valence-corrected chi connectivity index (χ0v) is 11.9. The molecule has 0 radical (unpaired) electrons. The molecule has 2 aromatic rings. The predicted molar refractivity (Wildman–Crippen MR) is 78.5 cm³/mol. The second kappa shape index (κ2) is 6.09. The highest BCUT2D eigenvalue weighted by molar-refractivity contribution is 5.28. The zero-order chi connectivity index (χ0) is 13.8. The summed E-state index contributed by atoms with van der Waals surface area (Å²) in [6.07, 6.45) is 6.43. The first-order valence-corrected chi connectivity index (χ1v) is 7.30. The fourth-order valence-electron chi connectivity index (χ4n) is 2.21. The van der Waals surface area contributed by atoms with E-state index in [1.165, 1.54) is 18.4 Å². The van der Waals surface area contributed by atoms with Crippen molar-refractivity contribution in [2.75, 3.05) is 0 Å². The van der Waals surface area contributed by atoms with Gasteiger partial charge in [0, 0.05) is 31.5 Å². The van der Waals surface area contributed by atoms with Crippen LogP contribution in [-0.4, -0.2) is 15.6 Å². The van der Waals surface area contributed by atoms with Crippen LogP contribution >= 0.6 is 0 Å². The Morgan fingerprint density at radius 2 is 2.30 bits per heavy atom. The van der Waals surface area contributed by atoms with Crippen LogP contribution in [0.5, 0.6) is 5.75 Å². The van der Waals surface area contributed by atoms with Crippen LogP contribution in [0.2, 0.25) is 0 Å². The Kier molecular flexibility index (Phi) is 4.02. The van der Waals surface area contributed by atoms with Crippen LogP contribution in [0, 0.1) is 0 Å². The first-order valence-electron chi connectivity index (χ1n) is 7.30. The molecule has 106 valence electrons. The molecule has 1 aliphatic rings. The Labute approximate surface area is 119 Å². The lowest BCUT2D eigenvalue weighted by molar-refractivity contribution is 0.289. The van der Waals surface area contributed by atoms with Gasteiger partial charge in [0.05, 0.1) is 0 Å². The van der Waals surface area contributed by atoms with E-state index in [2.05, 4.69) is 33.9 Å². The lowest BCUT2D eigenvalue weighted by Crippen LogP contribution is -2.15. The smallest absolute Gasteiger partial charge is 0.146 e. The van der Waals surface area contributed by atoms with Gasteiger partial charge >= 0.3 is 0 Å². The van der Waals surface area contributed by atoms with Gasteiger partial charge in [-0.15, -0.1) is 0 Å². The van der Waals surface area contributed by atoms with Gasteiger partial charge in [-0.25, -0.2) is 4.98 Å². The van der Waals surface area contributed by atoms with Crippen LogP contribution in [0.15, 0.2) is 36.7 Å². The van der Waals surface area contributed by atoms with Crippen LogP contribution in [0.25, 0.3) is 0 Å². The Morgan fingerprint density at radius 3 is 3.10 bits per heavy atom. The Morgan fingerprint density at radius 1 is 1.40 bits per heavy atom. The molecule has 20 heavy (non-hydrogen) atoms. The first kappa shape index (κ1) is 13.2. The average molecular weight is 271 g/mol. The molecule has 1 saturated carbocycles. The second-order valence-electron chi connectivity index (χ2n) is 5.22. The summed E-state index contributed by atoms with van der Waals surface area (Å²) in [5, 5.41) is 3.52. The van der Waals surface area contributed by atoms with E-state index in [1.807, 2.05) is 24.5 Å². The van der Waals surface area contributed by atoms with Crippen LogP contribution < -0.4 is 10.1 Å². The fraction of sp³-hybridized carbons (Fsp3) is 0.438. The summed E-state index contributed by atoms with van der Waals surface area (Å²) in [6.45, 7) is 4.46. The maximum atomic E-state index is 5.84. The molecule has 1 aromatic heterocycles. The summed E-state index contributed by atoms with van der Waals surface area (Å²) in [5.74, 6) is 1.87. The Balaban J connectivity index is 1.57. The zero-order valence-electron chi connectivity index (χ0n) is 11.9. The van der Waals surface area contributed by atoms with E-state index < -0.39 is 0 Å². The van der Waals surface area contributed by atoms with Gasteiger partial charge in [-0.05, 0) is 37.5 Å². The number of rotatable bonds is 7. The molecule has 0 spiro atoms. The number of hydrogen-bond acceptors (Lipinski definition) is 3. The molecule has 0 amide bonds. The highest BCUT2D eigenvalue weighted by Gasteiger charge is 2.19. The number of nitrogens with one attached hydrogen (secondary N) is 1. The summed E-state index contributed by atoms with van der Waals surface area (Å²) in [7, 11) is 0. The highest BCUT2D eigenvalue weighted by atomic mass is 16.5. The molecule has 0 bridgehead atoms. The van der Waals surface area contributed by atoms with Crippen LogP contribution in [-0.2, 0) is 19.7 Å². The van der Waals surface area contributed by atoms with Gasteiger partial charge in [0.25, 0.3) is 0 Å². The van der Waals surface area contributed by atoms with Gasteiger partial charge in [0.2, 0.25) is 0 Å². The standard InChI is InChI=1S/C16H21N3O/c1-2-19-9-8-17-16(19)12-20-15-5-3-4-13(10-15)11-18-14-6-7-14/h3-5,8-10,14,18H,2,6-7,11-12H2,1H3. The van der Waals surface area contributed by atoms with Gasteiger partial charge in [-0.3, -0.25) is 0 Å². The molecule has 1 aliphatic carbocycles. The third-order valence-electron chi connectivity index (χ3n) is 3.58. The summed E-state index contributed by atoms with van der Waals surface area (Å²) in [6, 6.07) is 9.02. The number of nitrogens with zero attached hydrogens (tertiary/aromatic N) is 2. The van der Waals surface area contributed by atoms with Crippen LogP contribution in [0.3, 0.4) is 0 Å². The number of benzene rings is 1. The second-order valence-corrected chi connectivity index (χ2v) is 5.22. The SMILES string of the molecule is CCn1ccnc1COc1cccc(CNC2CC2)c1. The monoisotopic (exact) mass is 271 g/mol. The Hall–Kier alpha value is -1.81. The van der Waals surface area contributed by atoms with E-state index in [4.69, 9.17) is 4.74 Å². The molecule has 4 heteroatoms. The van der Waals surface area contributed by atoms with E-state index in [1.54, 1.807) is 0 Å². The molecule has 1 N–H and O–H groups in total. The molecule has 3 rings (SSSR count). The van der Waals surface area contributed by atoms with Gasteiger partial charge in [0.15, 0.2) is 0 Å². The fourth-order valence-corrected chi connectivity index (χ4v) is 2.21. The molecule has 1 heterocycles. The number of aryl methyl sites for hydroxylation is 1. The predicted octanol–water partition coefficient (Wildman–Crippen LogP) is 2.73. The molecule has 4 nitrogen and oxygen atoms in total. The Bertz CT molecular complexity index is 560. The number of imidazole rings is 1. The van der Waals surface area contributed by atoms with Crippen LogP contribution in [0.4, 0.5) is 0 Å². The van der Waals surface area contributed by atoms with Crippen molar-refractivity contribution in [1.82, 2.24) is 14.9 Å². The van der Waals surface area contributed by atoms with E-state index in [0.717, 1.165) is 30.7 Å². The van der Waals surface area contributed by atoms with Gasteiger partial charge in [0.1, 0.15) is 18.2 Å². The van der Waals surface area contributed by atoms with Crippen molar-refractivity contribution in [3.63, 3.8) is 0 Å². The van der Waals surface area contributed by atoms with Crippen molar-refractivity contribution in [2.24, 2.45) is 0 Å². The number of aromatic nitrogens is 2. The van der Waals surface area contributed by atoms with E-state index >= 15 is 0 Å². The van der Waals surface area contributed by atoms with Gasteiger partial charge < -0.3 is 14.6 Å². The lowest BCUT2D eigenvalue weighted by Gasteiger charge is -2.09. The molecular weight excluding hydrogens is 250 g/mol. The minimum Gasteiger partial charge on any atom is -0.486 e. The average Bonchev–Trinajstić information content (AvgIpc) is 3.20. The van der Waals surface area contributed by atoms with Crippen molar-refractivity contribution in [2.45, 2.75) is 45.5 Å². The maximum Gasteiger partial charge on any atom is 0.146 e. The normalized spacial score (nSPS) is 14.4. The van der Waals surface area contributed by atoms with Crippen molar-refractivity contribution in [1.29, 1.82) is 0 Å². The van der Waals surface area contributed by atoms with E-state index in [-0.39, 0.29) is 0 Å². The van der Waals surface area contributed by atoms with Gasteiger partial charge in [-0.1, -0.05) is 12.1 Å². The summed E-state index contributed by atoms with van der Waals surface area (Å²) < 4.78 is 7.94. The minimum atomic E-state index is 0.514. The molecule has 0 aliphatic heterocycles. The molecule has 0 atom stereocenters. The summed E-state index contributed by atoms with van der Waals surface area (Å²) in [4.78, 5) is 4.32.